The summed E-state index contributed by atoms with van der Waals surface area (Å²) < 4.78 is 26.1. The summed E-state index contributed by atoms with van der Waals surface area (Å²) in [5, 5.41) is 19.1. The van der Waals surface area contributed by atoms with Gasteiger partial charge in [0.1, 0.15) is 4.90 Å². The van der Waals surface area contributed by atoms with E-state index < -0.39 is 15.4 Å². The lowest BCUT2D eigenvalue weighted by molar-refractivity contribution is 0.588. The molecule has 3 rings (SSSR count). The lowest BCUT2D eigenvalue weighted by Gasteiger charge is -2.11. The van der Waals surface area contributed by atoms with Crippen molar-refractivity contribution in [2.75, 3.05) is 0 Å². The van der Waals surface area contributed by atoms with Gasteiger partial charge in [-0.3, -0.25) is 4.79 Å². The Balaban J connectivity index is 1.98. The third kappa shape index (κ3) is 4.08. The first-order valence-electron chi connectivity index (χ1n) is 8.25. The first-order chi connectivity index (χ1) is 13.2. The Morgan fingerprint density at radius 2 is 1.75 bits per heavy atom. The summed E-state index contributed by atoms with van der Waals surface area (Å²) in [4.78, 5) is 11.6. The van der Waals surface area contributed by atoms with E-state index in [2.05, 4.69) is 30.8 Å². The molecule has 0 saturated heterocycles. The summed E-state index contributed by atoms with van der Waals surface area (Å²) in [7, 11) is -4.13. The van der Waals surface area contributed by atoms with Crippen molar-refractivity contribution < 1.29 is 8.42 Å². The fourth-order valence-corrected chi connectivity index (χ4v) is 5.06. The fraction of sp³-hybridized carbons (Fsp3) is 0.312. The lowest BCUT2D eigenvalue weighted by atomic mass is 10.1. The minimum absolute atomic E-state index is 0.0327. The van der Waals surface area contributed by atoms with Crippen LogP contribution in [0, 0.1) is 0 Å². The van der Waals surface area contributed by atoms with Gasteiger partial charge >= 0.3 is 0 Å². The smallest absolute Gasteiger partial charge is 0.267 e. The summed E-state index contributed by atoms with van der Waals surface area (Å²) >= 11 is 12.5. The Morgan fingerprint density at radius 3 is 2.32 bits per heavy atom. The van der Waals surface area contributed by atoms with Crippen LogP contribution in [0.1, 0.15) is 36.7 Å². The van der Waals surface area contributed by atoms with Gasteiger partial charge in [-0.1, -0.05) is 42.3 Å². The molecule has 2 N–H and O–H groups in total. The molecular formula is C16H16Cl2N6O3S. The molecule has 1 aromatic carbocycles. The molecule has 148 valence electrons. The monoisotopic (exact) mass is 442 g/mol. The Kier molecular flexibility index (Phi) is 5.82. The lowest BCUT2D eigenvalue weighted by Crippen LogP contribution is -2.19. The molecule has 2 heterocycles. The second-order valence-corrected chi connectivity index (χ2v) is 9.01. The minimum Gasteiger partial charge on any atom is -0.268 e. The summed E-state index contributed by atoms with van der Waals surface area (Å²) in [6, 6.07) is 4.29. The zero-order valence-corrected chi connectivity index (χ0v) is 17.2. The maximum atomic E-state index is 13.0. The van der Waals surface area contributed by atoms with Gasteiger partial charge in [-0.2, -0.15) is 10.3 Å². The van der Waals surface area contributed by atoms with Crippen LogP contribution < -0.4 is 5.56 Å². The van der Waals surface area contributed by atoms with Crippen LogP contribution >= 0.6 is 23.2 Å². The Morgan fingerprint density at radius 1 is 1.07 bits per heavy atom. The molecule has 28 heavy (non-hydrogen) atoms. The minimum atomic E-state index is -4.13. The van der Waals surface area contributed by atoms with E-state index in [1.165, 1.54) is 18.2 Å². The number of halogens is 2. The SMILES string of the molecule is CC(C)c1cc(S(=O)(=O)c2c(Cl)cc(CCc3nn[nH]n3)cc2Cl)n[nH]c1=O. The number of benzene rings is 1. The number of hydrogen-bond acceptors (Lipinski definition) is 7. The topological polar surface area (TPSA) is 134 Å². The maximum absolute atomic E-state index is 13.0. The number of aryl methyl sites for hydroxylation is 2. The second kappa shape index (κ2) is 7.98. The van der Waals surface area contributed by atoms with Gasteiger partial charge in [0, 0.05) is 12.0 Å². The number of sulfone groups is 1. The predicted molar refractivity (Wildman–Crippen MR) is 102 cm³/mol. The number of aromatic amines is 2. The molecule has 0 bridgehead atoms. The van der Waals surface area contributed by atoms with E-state index in [1.807, 2.05) is 0 Å². The molecule has 0 aliphatic carbocycles. The van der Waals surface area contributed by atoms with Crippen LogP contribution in [0.3, 0.4) is 0 Å². The van der Waals surface area contributed by atoms with Crippen LogP contribution in [0.15, 0.2) is 32.9 Å². The molecule has 0 saturated carbocycles. The number of rotatable bonds is 6. The number of aromatic nitrogens is 6. The van der Waals surface area contributed by atoms with Gasteiger partial charge in [-0.15, -0.1) is 10.2 Å². The van der Waals surface area contributed by atoms with Crippen molar-refractivity contribution in [3.63, 3.8) is 0 Å². The van der Waals surface area contributed by atoms with E-state index in [9.17, 15) is 13.2 Å². The average Bonchev–Trinajstić information content (AvgIpc) is 3.12. The van der Waals surface area contributed by atoms with Gasteiger partial charge in [0.2, 0.25) is 9.84 Å². The molecule has 0 amide bonds. The van der Waals surface area contributed by atoms with Crippen LogP contribution in [-0.2, 0) is 22.7 Å². The highest BCUT2D eigenvalue weighted by Gasteiger charge is 2.27. The number of H-pyrrole nitrogens is 2. The molecule has 9 nitrogen and oxygen atoms in total. The van der Waals surface area contributed by atoms with Crippen LogP contribution in [0.25, 0.3) is 0 Å². The van der Waals surface area contributed by atoms with Crippen LogP contribution in [0.5, 0.6) is 0 Å². The second-order valence-electron chi connectivity index (χ2n) is 6.37. The molecule has 12 heteroatoms. The molecule has 0 aliphatic heterocycles. The third-order valence-corrected chi connectivity index (χ3v) is 6.62. The number of hydrogen-bond donors (Lipinski definition) is 2. The summed E-state index contributed by atoms with van der Waals surface area (Å²) in [5.41, 5.74) is 0.580. The van der Waals surface area contributed by atoms with Crippen molar-refractivity contribution in [2.24, 2.45) is 0 Å². The number of nitrogens with one attached hydrogen (secondary N) is 2. The highest BCUT2D eigenvalue weighted by atomic mass is 35.5. The van der Waals surface area contributed by atoms with E-state index in [0.717, 1.165) is 5.56 Å². The molecule has 0 radical (unpaired) electrons. The molecule has 0 atom stereocenters. The Hall–Kier alpha value is -2.30. The van der Waals surface area contributed by atoms with Crippen molar-refractivity contribution in [1.29, 1.82) is 0 Å². The Bertz CT molecular complexity index is 1140. The highest BCUT2D eigenvalue weighted by Crippen LogP contribution is 2.34. The van der Waals surface area contributed by atoms with Crippen LogP contribution in [0.4, 0.5) is 0 Å². The van der Waals surface area contributed by atoms with Crippen LogP contribution in [-0.4, -0.2) is 39.2 Å². The zero-order valence-electron chi connectivity index (χ0n) is 14.9. The predicted octanol–water partition coefficient (Wildman–Crippen LogP) is 2.33. The van der Waals surface area contributed by atoms with Gasteiger partial charge in [-0.25, -0.2) is 13.5 Å². The molecule has 0 fully saturated rings. The van der Waals surface area contributed by atoms with Crippen molar-refractivity contribution in [3.05, 3.63) is 55.5 Å². The van der Waals surface area contributed by atoms with Gasteiger partial charge in [0.25, 0.3) is 5.56 Å². The maximum Gasteiger partial charge on any atom is 0.267 e. The van der Waals surface area contributed by atoms with E-state index in [4.69, 9.17) is 23.2 Å². The van der Waals surface area contributed by atoms with E-state index in [-0.39, 0.29) is 25.9 Å². The van der Waals surface area contributed by atoms with Crippen molar-refractivity contribution in [2.45, 2.75) is 42.5 Å². The number of tetrazole rings is 1. The van der Waals surface area contributed by atoms with Gasteiger partial charge < -0.3 is 0 Å². The number of nitrogens with zero attached hydrogens (tertiary/aromatic N) is 4. The highest BCUT2D eigenvalue weighted by molar-refractivity contribution is 7.91. The molecule has 0 spiro atoms. The first-order valence-corrected chi connectivity index (χ1v) is 10.5. The molecule has 0 aliphatic rings. The quantitative estimate of drug-likeness (QED) is 0.597. The van der Waals surface area contributed by atoms with Gasteiger partial charge in [-0.05, 0) is 36.1 Å². The molecule has 3 aromatic rings. The summed E-state index contributed by atoms with van der Waals surface area (Å²) in [6.45, 7) is 3.55. The van der Waals surface area contributed by atoms with Gasteiger partial charge in [0.15, 0.2) is 10.9 Å². The molecule has 2 aromatic heterocycles. The summed E-state index contributed by atoms with van der Waals surface area (Å²) in [5.74, 6) is 0.335. The van der Waals surface area contributed by atoms with Gasteiger partial charge in [0.05, 0.1) is 10.0 Å². The largest absolute Gasteiger partial charge is 0.268 e. The Labute approximate surface area is 170 Å². The normalized spacial score (nSPS) is 11.9. The van der Waals surface area contributed by atoms with Crippen molar-refractivity contribution in [3.8, 4) is 0 Å². The molecule has 0 unspecified atom stereocenters. The first kappa shape index (κ1) is 20.4. The zero-order chi connectivity index (χ0) is 20.5. The standard InChI is InChI=1S/C16H16Cl2N6O3S/c1-8(2)10-7-14(21-22-16(10)25)28(26,27)15-11(17)5-9(6-12(15)18)3-4-13-19-23-24-20-13/h5-8H,3-4H2,1-2H3,(H,22,25)(H,19,20,23,24). The van der Waals surface area contributed by atoms with E-state index in [1.54, 1.807) is 13.8 Å². The summed E-state index contributed by atoms with van der Waals surface area (Å²) in [6.07, 6.45) is 0.974. The van der Waals surface area contributed by atoms with E-state index >= 15 is 0 Å². The van der Waals surface area contributed by atoms with E-state index in [0.29, 0.717) is 24.2 Å². The third-order valence-electron chi connectivity index (χ3n) is 4.06. The van der Waals surface area contributed by atoms with Crippen LogP contribution in [0.2, 0.25) is 10.0 Å². The molecular weight excluding hydrogens is 427 g/mol. The van der Waals surface area contributed by atoms with Crippen molar-refractivity contribution in [1.82, 2.24) is 30.8 Å². The fourth-order valence-electron chi connectivity index (χ4n) is 2.63. The van der Waals surface area contributed by atoms with Crippen molar-refractivity contribution >= 4 is 33.0 Å². The average molecular weight is 443 g/mol.